The van der Waals surface area contributed by atoms with Crippen LogP contribution < -0.4 is 5.32 Å². The highest BCUT2D eigenvalue weighted by atomic mass is 19.4. The lowest BCUT2D eigenvalue weighted by Crippen LogP contribution is -2.50. The molecule has 0 aromatic heterocycles. The summed E-state index contributed by atoms with van der Waals surface area (Å²) < 4.78 is 43.9. The average Bonchev–Trinajstić information content (AvgIpc) is 3.11. The highest BCUT2D eigenvalue weighted by Crippen LogP contribution is 2.29. The molecule has 0 spiro atoms. The number of aliphatic hydroxyl groups is 2. The molecule has 1 fully saturated rings. The first-order valence-electron chi connectivity index (χ1n) is 10.3. The van der Waals surface area contributed by atoms with Gasteiger partial charge in [0.25, 0.3) is 5.91 Å². The fourth-order valence-electron chi connectivity index (χ4n) is 3.89. The van der Waals surface area contributed by atoms with Gasteiger partial charge >= 0.3 is 6.18 Å². The Balaban J connectivity index is 1.61. The normalized spacial score (nSPS) is 23.5. The molecule has 1 heterocycles. The number of nitrogens with one attached hydrogen (secondary N) is 1. The van der Waals surface area contributed by atoms with Crippen molar-refractivity contribution in [1.82, 2.24) is 10.2 Å². The molecule has 0 saturated carbocycles. The molecular weight excluding hydrogens is 425 g/mol. The minimum Gasteiger partial charge on any atom is -0.394 e. The molecule has 6 nitrogen and oxygen atoms in total. The van der Waals surface area contributed by atoms with Gasteiger partial charge in [0.2, 0.25) is 0 Å². The van der Waals surface area contributed by atoms with Gasteiger partial charge < -0.3 is 20.3 Å². The Labute approximate surface area is 184 Å². The quantitative estimate of drug-likeness (QED) is 0.572. The summed E-state index contributed by atoms with van der Waals surface area (Å²) >= 11 is 0. The molecule has 1 aliphatic rings. The summed E-state index contributed by atoms with van der Waals surface area (Å²) in [6.45, 7) is 0.290. The number of hydrogen-bond acceptors (Lipinski definition) is 5. The molecule has 2 aromatic carbocycles. The Morgan fingerprint density at radius 3 is 2.34 bits per heavy atom. The number of carbonyl (C=O) groups is 1. The molecule has 0 radical (unpaired) electrons. The van der Waals surface area contributed by atoms with Crippen LogP contribution in [0.2, 0.25) is 0 Å². The Hall–Kier alpha value is -2.46. The lowest BCUT2D eigenvalue weighted by Gasteiger charge is -2.30. The van der Waals surface area contributed by atoms with Gasteiger partial charge in [0, 0.05) is 18.7 Å². The van der Waals surface area contributed by atoms with Crippen LogP contribution in [0.3, 0.4) is 0 Å². The van der Waals surface area contributed by atoms with Gasteiger partial charge in [0.1, 0.15) is 12.2 Å². The standard InChI is InChI=1S/C23H27F3N2O4/c1-28(12-11-15-5-3-2-4-6-15)20-18(32-19(14-29)21(20)30)13-27-22(31)16-7-9-17(10-8-16)23(24,25)26/h2-10,18-21,29-30H,11-14H2,1H3,(H,27,31)/t18-,19+,20-,21-/m1/s1. The van der Waals surface area contributed by atoms with E-state index in [-0.39, 0.29) is 18.7 Å². The molecule has 174 valence electrons. The van der Waals surface area contributed by atoms with Crippen LogP contribution in [0, 0.1) is 0 Å². The van der Waals surface area contributed by atoms with Crippen molar-refractivity contribution in [3.63, 3.8) is 0 Å². The van der Waals surface area contributed by atoms with Crippen molar-refractivity contribution >= 4 is 5.91 Å². The number of likely N-dealkylation sites (N-methyl/N-ethyl adjacent to an activating group) is 1. The predicted octanol–water partition coefficient (Wildman–Crippen LogP) is 2.10. The van der Waals surface area contributed by atoms with Crippen molar-refractivity contribution in [3.05, 3.63) is 71.3 Å². The van der Waals surface area contributed by atoms with Gasteiger partial charge in [-0.15, -0.1) is 0 Å². The molecule has 3 rings (SSSR count). The zero-order valence-electron chi connectivity index (χ0n) is 17.6. The topological polar surface area (TPSA) is 82.0 Å². The number of halogens is 3. The molecular formula is C23H27F3N2O4. The summed E-state index contributed by atoms with van der Waals surface area (Å²) in [6.07, 6.45) is -6.06. The van der Waals surface area contributed by atoms with E-state index in [1.807, 2.05) is 42.3 Å². The van der Waals surface area contributed by atoms with Crippen LogP contribution in [-0.2, 0) is 17.3 Å². The van der Waals surface area contributed by atoms with Crippen LogP contribution in [0.5, 0.6) is 0 Å². The number of aliphatic hydroxyl groups excluding tert-OH is 2. The van der Waals surface area contributed by atoms with Gasteiger partial charge in [-0.3, -0.25) is 9.69 Å². The van der Waals surface area contributed by atoms with Crippen LogP contribution in [0.25, 0.3) is 0 Å². The predicted molar refractivity (Wildman–Crippen MR) is 112 cm³/mol. The second-order valence-corrected chi connectivity index (χ2v) is 7.88. The van der Waals surface area contributed by atoms with E-state index < -0.39 is 42.0 Å². The molecule has 2 aromatic rings. The Morgan fingerprint density at radius 1 is 1.09 bits per heavy atom. The Bertz CT molecular complexity index is 877. The van der Waals surface area contributed by atoms with Crippen molar-refractivity contribution in [2.24, 2.45) is 0 Å². The number of nitrogens with zero attached hydrogens (tertiary/aromatic N) is 1. The minimum atomic E-state index is -4.47. The van der Waals surface area contributed by atoms with E-state index in [4.69, 9.17) is 4.74 Å². The molecule has 0 aliphatic carbocycles. The maximum atomic E-state index is 12.7. The van der Waals surface area contributed by atoms with Crippen LogP contribution >= 0.6 is 0 Å². The molecule has 1 amide bonds. The van der Waals surface area contributed by atoms with Crippen LogP contribution in [-0.4, -0.2) is 72.1 Å². The number of ether oxygens (including phenoxy) is 1. The van der Waals surface area contributed by atoms with Gasteiger partial charge in [-0.25, -0.2) is 0 Å². The molecule has 4 atom stereocenters. The summed E-state index contributed by atoms with van der Waals surface area (Å²) in [7, 11) is 1.84. The monoisotopic (exact) mass is 452 g/mol. The zero-order chi connectivity index (χ0) is 23.3. The van der Waals surface area contributed by atoms with Crippen molar-refractivity contribution in [1.29, 1.82) is 0 Å². The summed E-state index contributed by atoms with van der Waals surface area (Å²) in [5.74, 6) is -0.546. The van der Waals surface area contributed by atoms with Crippen molar-refractivity contribution in [3.8, 4) is 0 Å². The maximum absolute atomic E-state index is 12.7. The van der Waals surface area contributed by atoms with Crippen LogP contribution in [0.1, 0.15) is 21.5 Å². The number of hydrogen-bond donors (Lipinski definition) is 3. The Morgan fingerprint density at radius 2 is 1.75 bits per heavy atom. The van der Waals surface area contributed by atoms with Gasteiger partial charge in [-0.05, 0) is 43.3 Å². The third kappa shape index (κ3) is 5.86. The van der Waals surface area contributed by atoms with Crippen LogP contribution in [0.15, 0.2) is 54.6 Å². The summed E-state index contributed by atoms with van der Waals surface area (Å²) in [4.78, 5) is 14.3. The smallest absolute Gasteiger partial charge is 0.394 e. The minimum absolute atomic E-state index is 0.0355. The fourth-order valence-corrected chi connectivity index (χ4v) is 3.89. The van der Waals surface area contributed by atoms with Crippen molar-refractivity contribution in [2.75, 3.05) is 26.7 Å². The first-order chi connectivity index (χ1) is 15.2. The van der Waals surface area contributed by atoms with E-state index in [2.05, 4.69) is 5.32 Å². The highest BCUT2D eigenvalue weighted by molar-refractivity contribution is 5.94. The van der Waals surface area contributed by atoms with Gasteiger partial charge in [-0.1, -0.05) is 30.3 Å². The summed E-state index contributed by atoms with van der Waals surface area (Å²) in [5.41, 5.74) is 0.394. The number of amides is 1. The number of carbonyl (C=O) groups excluding carboxylic acids is 1. The first kappa shape index (κ1) is 24.2. The maximum Gasteiger partial charge on any atom is 0.416 e. The fraction of sp³-hybridized carbons (Fsp3) is 0.435. The third-order valence-corrected chi connectivity index (χ3v) is 5.68. The lowest BCUT2D eigenvalue weighted by atomic mass is 10.0. The van der Waals surface area contributed by atoms with Gasteiger partial charge in [-0.2, -0.15) is 13.2 Å². The number of rotatable bonds is 8. The molecule has 3 N–H and O–H groups in total. The van der Waals surface area contributed by atoms with E-state index in [0.717, 1.165) is 36.2 Å². The number of benzene rings is 2. The van der Waals surface area contributed by atoms with Crippen molar-refractivity contribution in [2.45, 2.75) is 37.0 Å². The lowest BCUT2D eigenvalue weighted by molar-refractivity contribution is -0.137. The van der Waals surface area contributed by atoms with E-state index in [1.165, 1.54) is 0 Å². The van der Waals surface area contributed by atoms with E-state index in [0.29, 0.717) is 6.54 Å². The molecule has 1 aliphatic heterocycles. The largest absolute Gasteiger partial charge is 0.416 e. The van der Waals surface area contributed by atoms with E-state index in [9.17, 15) is 28.2 Å². The number of alkyl halides is 3. The van der Waals surface area contributed by atoms with Crippen molar-refractivity contribution < 1.29 is 32.9 Å². The molecule has 0 unspecified atom stereocenters. The molecule has 1 saturated heterocycles. The Kier molecular flexibility index (Phi) is 7.89. The summed E-state index contributed by atoms with van der Waals surface area (Å²) in [6, 6.07) is 13.3. The van der Waals surface area contributed by atoms with E-state index >= 15 is 0 Å². The zero-order valence-corrected chi connectivity index (χ0v) is 17.6. The molecule has 0 bridgehead atoms. The molecule has 9 heteroatoms. The van der Waals surface area contributed by atoms with E-state index in [1.54, 1.807) is 0 Å². The second-order valence-electron chi connectivity index (χ2n) is 7.88. The highest BCUT2D eigenvalue weighted by Gasteiger charge is 2.45. The summed E-state index contributed by atoms with van der Waals surface area (Å²) in [5, 5.41) is 22.8. The third-order valence-electron chi connectivity index (χ3n) is 5.68. The molecule has 32 heavy (non-hydrogen) atoms. The average molecular weight is 452 g/mol. The van der Waals surface area contributed by atoms with Gasteiger partial charge in [0.15, 0.2) is 0 Å². The van der Waals surface area contributed by atoms with Gasteiger partial charge in [0.05, 0.1) is 24.3 Å². The second kappa shape index (κ2) is 10.4. The first-order valence-corrected chi connectivity index (χ1v) is 10.3. The van der Waals surface area contributed by atoms with Crippen LogP contribution in [0.4, 0.5) is 13.2 Å². The SMILES string of the molecule is CN(CCc1ccccc1)[C@H]1[C@H](O)[C@H](CO)O[C@@H]1CNC(=O)c1ccc(C(F)(F)F)cc1.